The minimum atomic E-state index is -0.361. The zero-order chi connectivity index (χ0) is 19.1. The molecule has 1 aromatic heterocycles. The molecule has 1 saturated heterocycles. The van der Waals surface area contributed by atoms with E-state index in [1.165, 1.54) is 0 Å². The number of imidazole rings is 1. The number of esters is 1. The molecule has 26 heavy (non-hydrogen) atoms. The molecular weight excluding hydrogens is 328 g/mol. The highest BCUT2D eigenvalue weighted by molar-refractivity contribution is 5.88. The van der Waals surface area contributed by atoms with Crippen LogP contribution in [0.5, 0.6) is 0 Å². The van der Waals surface area contributed by atoms with Gasteiger partial charge < -0.3 is 19.9 Å². The number of nitrogens with zero attached hydrogens (tertiary/aromatic N) is 3. The number of nitrogens with two attached hydrogens (primary N) is 1. The van der Waals surface area contributed by atoms with Crippen molar-refractivity contribution >= 4 is 11.9 Å². The van der Waals surface area contributed by atoms with E-state index in [4.69, 9.17) is 10.5 Å². The molecule has 0 unspecified atom stereocenters. The van der Waals surface area contributed by atoms with Gasteiger partial charge in [0.2, 0.25) is 5.95 Å². The summed E-state index contributed by atoms with van der Waals surface area (Å²) >= 11 is 0. The first-order chi connectivity index (χ1) is 12.5. The molecule has 1 aromatic rings. The van der Waals surface area contributed by atoms with Crippen LogP contribution in [0.15, 0.2) is 42.7 Å². The minimum absolute atomic E-state index is 0.331. The lowest BCUT2D eigenvalue weighted by Gasteiger charge is -2.32. The average molecular weight is 358 g/mol. The second kappa shape index (κ2) is 9.38. The first-order valence-electron chi connectivity index (χ1n) is 9.15. The first kappa shape index (κ1) is 20.0. The van der Waals surface area contributed by atoms with Gasteiger partial charge >= 0.3 is 5.97 Å². The van der Waals surface area contributed by atoms with Crippen LogP contribution < -0.4 is 10.6 Å². The van der Waals surface area contributed by atoms with Crippen LogP contribution in [0, 0.1) is 5.92 Å². The van der Waals surface area contributed by atoms with Crippen LogP contribution in [0.1, 0.15) is 37.2 Å². The largest absolute Gasteiger partial charge is 0.461 e. The molecule has 2 heterocycles. The molecule has 2 rings (SSSR count). The Morgan fingerprint density at radius 1 is 1.38 bits per heavy atom. The molecule has 1 aliphatic heterocycles. The van der Waals surface area contributed by atoms with E-state index in [-0.39, 0.29) is 5.97 Å². The van der Waals surface area contributed by atoms with Gasteiger partial charge in [0, 0.05) is 13.1 Å². The summed E-state index contributed by atoms with van der Waals surface area (Å²) in [5.41, 5.74) is 8.06. The minimum Gasteiger partial charge on any atom is -0.461 e. The predicted octanol–water partition coefficient (Wildman–Crippen LogP) is 2.92. The third-order valence-electron chi connectivity index (χ3n) is 4.51. The van der Waals surface area contributed by atoms with Crippen molar-refractivity contribution in [1.82, 2.24) is 9.55 Å². The number of ether oxygens (including phenoxy) is 1. The van der Waals surface area contributed by atoms with Crippen LogP contribution >= 0.6 is 0 Å². The summed E-state index contributed by atoms with van der Waals surface area (Å²) in [4.78, 5) is 19.1. The molecule has 142 valence electrons. The van der Waals surface area contributed by atoms with E-state index in [9.17, 15) is 4.79 Å². The van der Waals surface area contributed by atoms with E-state index < -0.39 is 0 Å². The molecule has 0 amide bonds. The van der Waals surface area contributed by atoms with Crippen LogP contribution in [0.25, 0.3) is 0 Å². The van der Waals surface area contributed by atoms with Gasteiger partial charge in [-0.05, 0) is 44.7 Å². The molecule has 0 aromatic carbocycles. The third-order valence-corrected chi connectivity index (χ3v) is 4.51. The van der Waals surface area contributed by atoms with Crippen molar-refractivity contribution in [2.45, 2.75) is 33.2 Å². The first-order valence-corrected chi connectivity index (χ1v) is 9.15. The Labute approximate surface area is 156 Å². The lowest BCUT2D eigenvalue weighted by Crippen LogP contribution is -2.37. The highest BCUT2D eigenvalue weighted by atomic mass is 16.5. The van der Waals surface area contributed by atoms with E-state index >= 15 is 0 Å². The van der Waals surface area contributed by atoms with Crippen molar-refractivity contribution in [3.05, 3.63) is 48.3 Å². The smallest absolute Gasteiger partial charge is 0.356 e. The molecule has 0 aliphatic carbocycles. The maximum Gasteiger partial charge on any atom is 0.356 e. The van der Waals surface area contributed by atoms with Crippen LogP contribution in [0.4, 0.5) is 5.95 Å². The van der Waals surface area contributed by atoms with E-state index in [0.717, 1.165) is 49.6 Å². The molecule has 1 fully saturated rings. The summed E-state index contributed by atoms with van der Waals surface area (Å²) in [6.45, 7) is 15.0. The molecule has 0 atom stereocenters. The number of rotatable bonds is 8. The number of aromatic nitrogens is 2. The maximum absolute atomic E-state index is 12.3. The molecule has 0 radical (unpaired) electrons. The van der Waals surface area contributed by atoms with Gasteiger partial charge in [-0.15, -0.1) is 0 Å². The van der Waals surface area contributed by atoms with E-state index in [0.29, 0.717) is 24.8 Å². The number of allylic oxidation sites excluding steroid dienone is 4. The molecule has 1 aliphatic rings. The van der Waals surface area contributed by atoms with Crippen molar-refractivity contribution in [3.63, 3.8) is 0 Å². The Hall–Kier alpha value is -2.34. The van der Waals surface area contributed by atoms with Crippen LogP contribution in [-0.2, 0) is 11.3 Å². The monoisotopic (exact) mass is 358 g/mol. The Bertz CT molecular complexity index is 682. The van der Waals surface area contributed by atoms with Gasteiger partial charge in [-0.3, -0.25) is 0 Å². The average Bonchev–Trinajstić information content (AvgIpc) is 3.03. The van der Waals surface area contributed by atoms with Gasteiger partial charge in [-0.2, -0.15) is 0 Å². The van der Waals surface area contributed by atoms with E-state index in [1.807, 2.05) is 23.6 Å². The molecule has 0 spiro atoms. The van der Waals surface area contributed by atoms with Crippen LogP contribution in [0.2, 0.25) is 0 Å². The Morgan fingerprint density at radius 3 is 2.65 bits per heavy atom. The maximum atomic E-state index is 12.3. The number of carbonyl (C=O) groups is 1. The normalized spacial score (nSPS) is 15.4. The lowest BCUT2D eigenvalue weighted by molar-refractivity contribution is 0.0514. The molecule has 6 nitrogen and oxygen atoms in total. The van der Waals surface area contributed by atoms with Gasteiger partial charge in [0.1, 0.15) is 5.69 Å². The molecule has 0 saturated carbocycles. The standard InChI is InChI=1S/C20H30N4O2/c1-5-26-19(25)18-13-22-20(23-10-8-17(12-21)9-11-23)24(18)14-16(4)7-6-15(2)3/h6-7,13,17H,2,4-5,8-12,14,21H2,1,3H3/b7-6-. The summed E-state index contributed by atoms with van der Waals surface area (Å²) in [7, 11) is 0. The van der Waals surface area contributed by atoms with Crippen molar-refractivity contribution in [2.75, 3.05) is 31.1 Å². The fourth-order valence-corrected chi connectivity index (χ4v) is 3.03. The zero-order valence-corrected chi connectivity index (χ0v) is 15.9. The zero-order valence-electron chi connectivity index (χ0n) is 15.9. The molecule has 2 N–H and O–H groups in total. The summed E-state index contributed by atoms with van der Waals surface area (Å²) in [6, 6.07) is 0. The molecular formula is C20H30N4O2. The van der Waals surface area contributed by atoms with E-state index in [2.05, 4.69) is 23.0 Å². The second-order valence-electron chi connectivity index (χ2n) is 6.75. The second-order valence-corrected chi connectivity index (χ2v) is 6.75. The van der Waals surface area contributed by atoms with Gasteiger partial charge in [0.15, 0.2) is 0 Å². The fraction of sp³-hybridized carbons (Fsp3) is 0.500. The predicted molar refractivity (Wildman–Crippen MR) is 105 cm³/mol. The number of carbonyl (C=O) groups excluding carboxylic acids is 1. The summed E-state index contributed by atoms with van der Waals surface area (Å²) in [5, 5.41) is 0. The van der Waals surface area contributed by atoms with E-state index in [1.54, 1.807) is 13.1 Å². The van der Waals surface area contributed by atoms with Crippen LogP contribution in [0.3, 0.4) is 0 Å². The number of hydrogen-bond acceptors (Lipinski definition) is 5. The van der Waals surface area contributed by atoms with Crippen molar-refractivity contribution in [3.8, 4) is 0 Å². The summed E-state index contributed by atoms with van der Waals surface area (Å²) in [5.74, 6) is 0.987. The fourth-order valence-electron chi connectivity index (χ4n) is 3.03. The van der Waals surface area contributed by atoms with Gasteiger partial charge in [-0.25, -0.2) is 9.78 Å². The third kappa shape index (κ3) is 5.08. The number of anilines is 1. The van der Waals surface area contributed by atoms with Gasteiger partial charge in [0.05, 0.1) is 19.3 Å². The summed E-state index contributed by atoms with van der Waals surface area (Å²) in [6.07, 6.45) is 7.50. The molecule has 0 bridgehead atoms. The topological polar surface area (TPSA) is 73.4 Å². The van der Waals surface area contributed by atoms with Crippen LogP contribution in [-0.4, -0.2) is 41.8 Å². The number of piperidine rings is 1. The SMILES string of the molecule is C=C(C)/C=C\C(=C)Cn1c(C(=O)OCC)cnc1N1CCC(CN)CC1. The Balaban J connectivity index is 2.26. The highest BCUT2D eigenvalue weighted by Gasteiger charge is 2.25. The summed E-state index contributed by atoms with van der Waals surface area (Å²) < 4.78 is 7.08. The Kier molecular flexibility index (Phi) is 7.21. The quantitative estimate of drug-likeness (QED) is 0.571. The Morgan fingerprint density at radius 2 is 2.08 bits per heavy atom. The number of hydrogen-bond donors (Lipinski definition) is 1. The van der Waals surface area contributed by atoms with Gasteiger partial charge in [0.25, 0.3) is 0 Å². The lowest BCUT2D eigenvalue weighted by atomic mass is 9.97. The van der Waals surface area contributed by atoms with Crippen molar-refractivity contribution in [1.29, 1.82) is 0 Å². The van der Waals surface area contributed by atoms with Crippen molar-refractivity contribution in [2.24, 2.45) is 11.7 Å². The highest BCUT2D eigenvalue weighted by Crippen LogP contribution is 2.24. The molecule has 6 heteroatoms. The van der Waals surface area contributed by atoms with Crippen molar-refractivity contribution < 1.29 is 9.53 Å². The van der Waals surface area contributed by atoms with Gasteiger partial charge in [-0.1, -0.05) is 30.9 Å².